The molecule has 0 unspecified atom stereocenters. The van der Waals surface area contributed by atoms with Gasteiger partial charge in [-0.2, -0.15) is 0 Å². The lowest BCUT2D eigenvalue weighted by Crippen LogP contribution is -2.30. The molecule has 0 bridgehead atoms. The molecule has 0 fully saturated rings. The van der Waals surface area contributed by atoms with E-state index >= 15 is 0 Å². The van der Waals surface area contributed by atoms with E-state index in [0.29, 0.717) is 25.7 Å². The van der Waals surface area contributed by atoms with Gasteiger partial charge in [0, 0.05) is 38.4 Å². The molecule has 3 N–H and O–H groups in total. The number of anilines is 1. The highest BCUT2D eigenvalue weighted by atomic mass is 127. The predicted octanol–water partition coefficient (Wildman–Crippen LogP) is 4.69. The van der Waals surface area contributed by atoms with E-state index in [4.69, 9.17) is 9.47 Å². The van der Waals surface area contributed by atoms with Crippen LogP contribution in [-0.4, -0.2) is 42.8 Å². The van der Waals surface area contributed by atoms with Gasteiger partial charge in [-0.1, -0.05) is 36.4 Å². The van der Waals surface area contributed by atoms with Crippen LogP contribution in [0.1, 0.15) is 19.2 Å². The summed E-state index contributed by atoms with van der Waals surface area (Å²) in [6, 6.07) is 18.0. The third-order valence-electron chi connectivity index (χ3n) is 4.30. The quantitative estimate of drug-likeness (QED) is 0.152. The van der Waals surface area contributed by atoms with E-state index in [-0.39, 0.29) is 24.0 Å². The van der Waals surface area contributed by atoms with Crippen molar-refractivity contribution in [3.8, 4) is 17.0 Å². The van der Waals surface area contributed by atoms with Crippen LogP contribution in [0.3, 0.4) is 0 Å². The molecule has 0 amide bonds. The first-order chi connectivity index (χ1) is 14.8. The van der Waals surface area contributed by atoms with Gasteiger partial charge in [0.1, 0.15) is 18.1 Å². The molecule has 1 aromatic heterocycles. The van der Waals surface area contributed by atoms with E-state index in [0.717, 1.165) is 41.5 Å². The minimum atomic E-state index is 0. The standard InChI is InChI=1S/C23H29N5O2.HI/c1-3-24-23(27-19-11-7-12-20(15-19)30-14-8-13-29-2)26-17-22-25-16-21(28-22)18-9-5-4-6-10-18;/h4-7,9-12,15-16H,3,8,13-14,17H2,1-2H3,(H,25,28)(H2,24,26,27);1H. The fraction of sp³-hybridized carbons (Fsp3) is 0.304. The first-order valence-corrected chi connectivity index (χ1v) is 10.1. The van der Waals surface area contributed by atoms with Gasteiger partial charge in [0.2, 0.25) is 0 Å². The first-order valence-electron chi connectivity index (χ1n) is 10.1. The molecule has 31 heavy (non-hydrogen) atoms. The second-order valence-corrected chi connectivity index (χ2v) is 6.65. The van der Waals surface area contributed by atoms with Gasteiger partial charge in [-0.15, -0.1) is 24.0 Å². The topological polar surface area (TPSA) is 83.6 Å². The SMILES string of the molecule is CCNC(=NCc1ncc(-c2ccccc2)[nH]1)Nc1cccc(OCCCOC)c1.I. The van der Waals surface area contributed by atoms with Crippen molar-refractivity contribution in [3.63, 3.8) is 0 Å². The van der Waals surface area contributed by atoms with Crippen LogP contribution >= 0.6 is 24.0 Å². The molecule has 3 rings (SSSR count). The minimum absolute atomic E-state index is 0. The van der Waals surface area contributed by atoms with E-state index in [1.54, 1.807) is 7.11 Å². The van der Waals surface area contributed by atoms with Crippen LogP contribution < -0.4 is 15.4 Å². The Morgan fingerprint density at radius 2 is 1.94 bits per heavy atom. The molecule has 7 nitrogen and oxygen atoms in total. The fourth-order valence-corrected chi connectivity index (χ4v) is 2.86. The number of benzene rings is 2. The second kappa shape index (κ2) is 13.7. The number of nitrogens with one attached hydrogen (secondary N) is 3. The van der Waals surface area contributed by atoms with Gasteiger partial charge in [0.25, 0.3) is 0 Å². The molecule has 0 spiro atoms. The summed E-state index contributed by atoms with van der Waals surface area (Å²) >= 11 is 0. The lowest BCUT2D eigenvalue weighted by Gasteiger charge is -2.12. The Labute approximate surface area is 200 Å². The number of hydrogen-bond donors (Lipinski definition) is 3. The number of hydrogen-bond acceptors (Lipinski definition) is 4. The Morgan fingerprint density at radius 1 is 1.10 bits per heavy atom. The van der Waals surface area contributed by atoms with Crippen LogP contribution in [0, 0.1) is 0 Å². The largest absolute Gasteiger partial charge is 0.493 e. The number of ether oxygens (including phenoxy) is 2. The highest BCUT2D eigenvalue weighted by Crippen LogP contribution is 2.18. The zero-order valence-electron chi connectivity index (χ0n) is 17.9. The van der Waals surface area contributed by atoms with Gasteiger partial charge in [-0.3, -0.25) is 0 Å². The van der Waals surface area contributed by atoms with Crippen LogP contribution in [0.4, 0.5) is 5.69 Å². The number of H-pyrrole nitrogens is 1. The summed E-state index contributed by atoms with van der Waals surface area (Å²) in [6.45, 7) is 4.54. The van der Waals surface area contributed by atoms with Gasteiger partial charge < -0.3 is 25.1 Å². The molecule has 0 saturated heterocycles. The van der Waals surface area contributed by atoms with Gasteiger partial charge in [-0.25, -0.2) is 9.98 Å². The van der Waals surface area contributed by atoms with Gasteiger partial charge in [-0.05, 0) is 24.6 Å². The number of halogens is 1. The maximum Gasteiger partial charge on any atom is 0.196 e. The molecule has 0 atom stereocenters. The van der Waals surface area contributed by atoms with E-state index in [2.05, 4.69) is 37.7 Å². The van der Waals surface area contributed by atoms with Crippen LogP contribution in [0.2, 0.25) is 0 Å². The van der Waals surface area contributed by atoms with Gasteiger partial charge in [0.05, 0.1) is 18.5 Å². The van der Waals surface area contributed by atoms with Crippen molar-refractivity contribution < 1.29 is 9.47 Å². The summed E-state index contributed by atoms with van der Waals surface area (Å²) in [5.41, 5.74) is 2.99. The van der Waals surface area contributed by atoms with Crippen LogP contribution in [0.25, 0.3) is 11.3 Å². The van der Waals surface area contributed by atoms with Crippen molar-refractivity contribution in [1.82, 2.24) is 15.3 Å². The zero-order chi connectivity index (χ0) is 21.0. The van der Waals surface area contributed by atoms with Crippen LogP contribution in [0.15, 0.2) is 65.8 Å². The summed E-state index contributed by atoms with van der Waals surface area (Å²) in [5.74, 6) is 2.30. The lowest BCUT2D eigenvalue weighted by molar-refractivity contribution is 0.172. The highest BCUT2D eigenvalue weighted by molar-refractivity contribution is 14.0. The summed E-state index contributed by atoms with van der Waals surface area (Å²) in [5, 5.41) is 6.58. The Balaban J connectivity index is 0.00000341. The zero-order valence-corrected chi connectivity index (χ0v) is 20.3. The average molecular weight is 535 g/mol. The predicted molar refractivity (Wildman–Crippen MR) is 136 cm³/mol. The van der Waals surface area contributed by atoms with Gasteiger partial charge >= 0.3 is 0 Å². The smallest absolute Gasteiger partial charge is 0.196 e. The van der Waals surface area contributed by atoms with E-state index in [1.165, 1.54) is 0 Å². The summed E-state index contributed by atoms with van der Waals surface area (Å²) < 4.78 is 10.8. The minimum Gasteiger partial charge on any atom is -0.493 e. The summed E-state index contributed by atoms with van der Waals surface area (Å²) in [4.78, 5) is 12.4. The van der Waals surface area contributed by atoms with Crippen molar-refractivity contribution in [3.05, 3.63) is 66.6 Å². The molecule has 0 radical (unpaired) electrons. The molecule has 0 aliphatic heterocycles. The Bertz CT molecular complexity index is 930. The van der Waals surface area contributed by atoms with Crippen molar-refractivity contribution in [2.45, 2.75) is 19.9 Å². The maximum absolute atomic E-state index is 5.77. The third-order valence-corrected chi connectivity index (χ3v) is 4.30. The molecular formula is C23H30IN5O2. The molecular weight excluding hydrogens is 505 g/mol. The average Bonchev–Trinajstić information content (AvgIpc) is 3.25. The van der Waals surface area contributed by atoms with E-state index in [9.17, 15) is 0 Å². The lowest BCUT2D eigenvalue weighted by atomic mass is 10.2. The van der Waals surface area contributed by atoms with Gasteiger partial charge in [0.15, 0.2) is 5.96 Å². The third kappa shape index (κ3) is 8.22. The molecule has 0 aliphatic rings. The highest BCUT2D eigenvalue weighted by Gasteiger charge is 2.05. The number of aliphatic imine (C=N–C) groups is 1. The monoisotopic (exact) mass is 535 g/mol. The second-order valence-electron chi connectivity index (χ2n) is 6.65. The van der Waals surface area contributed by atoms with Crippen molar-refractivity contribution in [1.29, 1.82) is 0 Å². The Kier molecular flexibility index (Phi) is 10.9. The van der Waals surface area contributed by atoms with E-state index in [1.807, 2.05) is 55.6 Å². The Hall–Kier alpha value is -2.59. The number of nitrogens with zero attached hydrogens (tertiary/aromatic N) is 2. The number of imidazole rings is 1. The molecule has 3 aromatic rings. The molecule has 166 valence electrons. The molecule has 2 aromatic carbocycles. The van der Waals surface area contributed by atoms with Crippen molar-refractivity contribution in [2.75, 3.05) is 32.2 Å². The van der Waals surface area contributed by atoms with Crippen LogP contribution in [-0.2, 0) is 11.3 Å². The number of aromatic amines is 1. The van der Waals surface area contributed by atoms with Crippen LogP contribution in [0.5, 0.6) is 5.75 Å². The summed E-state index contributed by atoms with van der Waals surface area (Å²) in [6.07, 6.45) is 2.69. The molecule has 0 saturated carbocycles. The van der Waals surface area contributed by atoms with Crippen molar-refractivity contribution >= 4 is 35.6 Å². The maximum atomic E-state index is 5.77. The number of methoxy groups -OCH3 is 1. The fourth-order valence-electron chi connectivity index (χ4n) is 2.86. The molecule has 8 heteroatoms. The summed E-state index contributed by atoms with van der Waals surface area (Å²) in [7, 11) is 1.69. The molecule has 1 heterocycles. The number of aromatic nitrogens is 2. The normalized spacial score (nSPS) is 11.0. The Morgan fingerprint density at radius 3 is 2.71 bits per heavy atom. The number of guanidine groups is 1. The van der Waals surface area contributed by atoms with E-state index < -0.39 is 0 Å². The molecule has 0 aliphatic carbocycles. The van der Waals surface area contributed by atoms with Crippen molar-refractivity contribution in [2.24, 2.45) is 4.99 Å². The number of rotatable bonds is 10. The first kappa shape index (κ1) is 24.7.